The highest BCUT2D eigenvalue weighted by Crippen LogP contribution is 2.18. The van der Waals surface area contributed by atoms with Gasteiger partial charge in [0.1, 0.15) is 5.69 Å². The van der Waals surface area contributed by atoms with Gasteiger partial charge in [-0.1, -0.05) is 30.3 Å². The maximum atomic E-state index is 5.62. The number of aromatic nitrogens is 3. The minimum Gasteiger partial charge on any atom is -0.321 e. The lowest BCUT2D eigenvalue weighted by Crippen LogP contribution is -2.11. The normalized spacial score (nSPS) is 10.2. The summed E-state index contributed by atoms with van der Waals surface area (Å²) in [6.07, 6.45) is 0. The van der Waals surface area contributed by atoms with Gasteiger partial charge in [-0.25, -0.2) is 0 Å². The van der Waals surface area contributed by atoms with E-state index in [4.69, 9.17) is 5.84 Å². The van der Waals surface area contributed by atoms with Gasteiger partial charge in [0, 0.05) is 5.56 Å². The van der Waals surface area contributed by atoms with Gasteiger partial charge in [0.15, 0.2) is 0 Å². The van der Waals surface area contributed by atoms with Crippen molar-refractivity contribution in [3.63, 3.8) is 0 Å². The summed E-state index contributed by atoms with van der Waals surface area (Å²) in [4.78, 5) is 1.30. The molecule has 66 valence electrons. The molecule has 2 aromatic rings. The van der Waals surface area contributed by atoms with E-state index in [1.165, 1.54) is 4.79 Å². The molecule has 2 rings (SSSR count). The van der Waals surface area contributed by atoms with Crippen molar-refractivity contribution in [1.82, 2.24) is 15.1 Å². The van der Waals surface area contributed by atoms with Crippen LogP contribution < -0.4 is 5.84 Å². The first-order valence-electron chi connectivity index (χ1n) is 4.02. The van der Waals surface area contributed by atoms with Crippen molar-refractivity contribution in [2.75, 3.05) is 5.84 Å². The summed E-state index contributed by atoms with van der Waals surface area (Å²) in [7, 11) is 0. The van der Waals surface area contributed by atoms with Gasteiger partial charge in [0.05, 0.1) is 5.69 Å². The van der Waals surface area contributed by atoms with Crippen LogP contribution in [0.5, 0.6) is 0 Å². The van der Waals surface area contributed by atoms with Gasteiger partial charge in [-0.2, -0.15) is 4.79 Å². The van der Waals surface area contributed by atoms with Gasteiger partial charge in [0.2, 0.25) is 0 Å². The highest BCUT2D eigenvalue weighted by molar-refractivity contribution is 5.61. The van der Waals surface area contributed by atoms with E-state index in [2.05, 4.69) is 10.3 Å². The van der Waals surface area contributed by atoms with E-state index in [-0.39, 0.29) is 0 Å². The predicted octanol–water partition coefficient (Wildman–Crippen LogP) is 0.967. The van der Waals surface area contributed by atoms with Crippen molar-refractivity contribution < 1.29 is 0 Å². The second-order valence-electron chi connectivity index (χ2n) is 2.83. The number of nitrogens with zero attached hydrogens (tertiary/aromatic N) is 3. The largest absolute Gasteiger partial charge is 0.321 e. The van der Waals surface area contributed by atoms with Gasteiger partial charge >= 0.3 is 0 Å². The first-order chi connectivity index (χ1) is 6.29. The fourth-order valence-corrected chi connectivity index (χ4v) is 1.31. The van der Waals surface area contributed by atoms with Crippen LogP contribution in [-0.4, -0.2) is 15.1 Å². The average Bonchev–Trinajstić information content (AvgIpc) is 2.48. The zero-order valence-corrected chi connectivity index (χ0v) is 7.31. The molecule has 0 saturated heterocycles. The van der Waals surface area contributed by atoms with Crippen molar-refractivity contribution in [1.29, 1.82) is 0 Å². The third kappa shape index (κ3) is 1.26. The van der Waals surface area contributed by atoms with Crippen molar-refractivity contribution in [3.05, 3.63) is 36.0 Å². The highest BCUT2D eigenvalue weighted by atomic mass is 15.6. The van der Waals surface area contributed by atoms with Gasteiger partial charge < -0.3 is 5.84 Å². The van der Waals surface area contributed by atoms with Crippen molar-refractivity contribution in [2.24, 2.45) is 0 Å². The zero-order valence-electron chi connectivity index (χ0n) is 7.31. The molecule has 0 saturated carbocycles. The first-order valence-corrected chi connectivity index (χ1v) is 4.02. The molecule has 0 aliphatic carbocycles. The molecule has 1 aromatic carbocycles. The van der Waals surface area contributed by atoms with E-state index in [1.807, 2.05) is 37.3 Å². The summed E-state index contributed by atoms with van der Waals surface area (Å²) >= 11 is 0. The minimum absolute atomic E-state index is 0.841. The molecule has 2 N–H and O–H groups in total. The molecule has 0 atom stereocenters. The Balaban J connectivity index is 2.59. The van der Waals surface area contributed by atoms with Crippen LogP contribution in [0.25, 0.3) is 11.3 Å². The second kappa shape index (κ2) is 2.90. The Labute approximate surface area is 76.0 Å². The Hall–Kier alpha value is -1.84. The monoisotopic (exact) mass is 174 g/mol. The van der Waals surface area contributed by atoms with Gasteiger partial charge in [-0.05, 0) is 12.1 Å². The number of nitrogen functional groups attached to an aromatic ring is 1. The molecule has 4 nitrogen and oxygen atoms in total. The fourth-order valence-electron chi connectivity index (χ4n) is 1.31. The van der Waals surface area contributed by atoms with Crippen LogP contribution in [0.15, 0.2) is 30.3 Å². The topological polar surface area (TPSA) is 56.7 Å². The molecule has 0 aliphatic heterocycles. The Morgan fingerprint density at radius 2 is 1.92 bits per heavy atom. The van der Waals surface area contributed by atoms with Crippen LogP contribution in [0.2, 0.25) is 0 Å². The average molecular weight is 174 g/mol. The molecule has 0 unspecified atom stereocenters. The Morgan fingerprint density at radius 1 is 1.23 bits per heavy atom. The molecule has 13 heavy (non-hydrogen) atoms. The lowest BCUT2D eigenvalue weighted by molar-refractivity contribution is 0.769. The van der Waals surface area contributed by atoms with Gasteiger partial charge in [-0.3, -0.25) is 0 Å². The molecular formula is C9H10N4. The van der Waals surface area contributed by atoms with Crippen molar-refractivity contribution in [2.45, 2.75) is 6.92 Å². The molecule has 4 heteroatoms. The summed E-state index contributed by atoms with van der Waals surface area (Å²) < 4.78 is 0. The molecule has 1 aromatic heterocycles. The fraction of sp³-hybridized carbons (Fsp3) is 0.111. The van der Waals surface area contributed by atoms with Crippen LogP contribution >= 0.6 is 0 Å². The molecule has 0 radical (unpaired) electrons. The molecule has 0 amide bonds. The molecule has 0 fully saturated rings. The molecule has 1 heterocycles. The van der Waals surface area contributed by atoms with E-state index in [0.29, 0.717) is 0 Å². The van der Waals surface area contributed by atoms with Gasteiger partial charge in [0.25, 0.3) is 0 Å². The molecule has 0 aliphatic rings. The second-order valence-corrected chi connectivity index (χ2v) is 2.83. The summed E-state index contributed by atoms with van der Waals surface area (Å²) in [5.41, 5.74) is 2.74. The summed E-state index contributed by atoms with van der Waals surface area (Å²) in [6.45, 7) is 1.89. The lowest BCUT2D eigenvalue weighted by Gasteiger charge is -2.00. The minimum atomic E-state index is 0.841. The number of hydrogen-bond donors (Lipinski definition) is 1. The molecule has 0 bridgehead atoms. The van der Waals surface area contributed by atoms with E-state index >= 15 is 0 Å². The third-order valence-electron chi connectivity index (χ3n) is 1.91. The summed E-state index contributed by atoms with van der Waals surface area (Å²) in [5.74, 6) is 5.62. The van der Waals surface area contributed by atoms with E-state index in [9.17, 15) is 0 Å². The van der Waals surface area contributed by atoms with E-state index in [0.717, 1.165) is 17.0 Å². The summed E-state index contributed by atoms with van der Waals surface area (Å²) in [5, 5.41) is 7.62. The Morgan fingerprint density at radius 3 is 2.46 bits per heavy atom. The number of hydrogen-bond acceptors (Lipinski definition) is 3. The maximum absolute atomic E-state index is 5.62. The summed E-state index contributed by atoms with van der Waals surface area (Å²) in [6, 6.07) is 9.84. The maximum Gasteiger partial charge on any atom is 0.115 e. The SMILES string of the molecule is Cc1nnn(N)c1-c1ccccc1. The van der Waals surface area contributed by atoms with Crippen LogP contribution in [-0.2, 0) is 0 Å². The Bertz CT molecular complexity index is 385. The molecular weight excluding hydrogens is 164 g/mol. The quantitative estimate of drug-likeness (QED) is 0.655. The van der Waals surface area contributed by atoms with Crippen molar-refractivity contribution in [3.8, 4) is 11.3 Å². The zero-order chi connectivity index (χ0) is 9.26. The number of aryl methyl sites for hydroxylation is 1. The van der Waals surface area contributed by atoms with Crippen LogP contribution in [0.3, 0.4) is 0 Å². The molecule has 0 spiro atoms. The van der Waals surface area contributed by atoms with Gasteiger partial charge in [-0.15, -0.1) is 5.10 Å². The van der Waals surface area contributed by atoms with E-state index < -0.39 is 0 Å². The van der Waals surface area contributed by atoms with E-state index in [1.54, 1.807) is 0 Å². The standard InChI is InChI=1S/C9H10N4/c1-7-9(13(10)12-11-7)8-5-3-2-4-6-8/h2-6H,10H2,1H3. The van der Waals surface area contributed by atoms with Crippen LogP contribution in [0.4, 0.5) is 0 Å². The third-order valence-corrected chi connectivity index (χ3v) is 1.91. The highest BCUT2D eigenvalue weighted by Gasteiger charge is 2.08. The number of rotatable bonds is 1. The number of nitrogens with two attached hydrogens (primary N) is 1. The van der Waals surface area contributed by atoms with Crippen LogP contribution in [0.1, 0.15) is 5.69 Å². The Kier molecular flexibility index (Phi) is 1.73. The smallest absolute Gasteiger partial charge is 0.115 e. The van der Waals surface area contributed by atoms with Crippen molar-refractivity contribution >= 4 is 0 Å². The predicted molar refractivity (Wildman–Crippen MR) is 50.3 cm³/mol. The lowest BCUT2D eigenvalue weighted by atomic mass is 10.1. The first kappa shape index (κ1) is 7.79. The van der Waals surface area contributed by atoms with Crippen LogP contribution in [0, 0.1) is 6.92 Å². The number of benzene rings is 1.